The highest BCUT2D eigenvalue weighted by Gasteiger charge is 2.42. The van der Waals surface area contributed by atoms with Crippen molar-refractivity contribution in [3.05, 3.63) is 41.7 Å². The molecule has 0 aliphatic carbocycles. The lowest BCUT2D eigenvalue weighted by atomic mass is 10.0. The topological polar surface area (TPSA) is 74.2 Å². The monoisotopic (exact) mass is 466 g/mol. The lowest BCUT2D eigenvalue weighted by Crippen LogP contribution is -2.36. The molecule has 9 heteroatoms. The Kier molecular flexibility index (Phi) is 6.31. The number of aryl methyl sites for hydroxylation is 1. The summed E-state index contributed by atoms with van der Waals surface area (Å²) in [7, 11) is 1.68. The maximum Gasteiger partial charge on any atom is 0.344 e. The number of fused-ring (bicyclic) bond motifs is 1. The third-order valence-electron chi connectivity index (χ3n) is 7.48. The van der Waals surface area contributed by atoms with E-state index >= 15 is 0 Å². The van der Waals surface area contributed by atoms with Crippen molar-refractivity contribution in [3.63, 3.8) is 0 Å². The van der Waals surface area contributed by atoms with Crippen molar-refractivity contribution in [1.29, 1.82) is 0 Å². The van der Waals surface area contributed by atoms with E-state index in [2.05, 4.69) is 40.0 Å². The molecule has 34 heavy (non-hydrogen) atoms. The molecule has 0 bridgehead atoms. The Hall–Kier alpha value is -2.91. The number of carbonyl (C=O) groups is 2. The van der Waals surface area contributed by atoms with E-state index in [9.17, 15) is 9.59 Å². The summed E-state index contributed by atoms with van der Waals surface area (Å²) in [5, 5.41) is 4.19. The summed E-state index contributed by atoms with van der Waals surface area (Å²) in [6.07, 6.45) is 3.19. The van der Waals surface area contributed by atoms with Crippen LogP contribution in [0.1, 0.15) is 18.1 Å². The Morgan fingerprint density at radius 3 is 2.47 bits per heavy atom. The van der Waals surface area contributed by atoms with Crippen molar-refractivity contribution in [2.75, 3.05) is 69.3 Å². The Morgan fingerprint density at radius 2 is 1.82 bits per heavy atom. The molecular formula is C25H34N6O3. The molecule has 3 saturated heterocycles. The Bertz CT molecular complexity index is 1050. The summed E-state index contributed by atoms with van der Waals surface area (Å²) in [6.45, 7) is 11.7. The molecule has 2 amide bonds. The van der Waals surface area contributed by atoms with Gasteiger partial charge >= 0.3 is 6.03 Å². The Balaban J connectivity index is 1.15. The third-order valence-corrected chi connectivity index (χ3v) is 7.48. The van der Waals surface area contributed by atoms with E-state index in [-0.39, 0.29) is 11.9 Å². The average molecular weight is 467 g/mol. The van der Waals surface area contributed by atoms with E-state index in [4.69, 9.17) is 4.74 Å². The number of hydrogen-bond acceptors (Lipinski definition) is 6. The van der Waals surface area contributed by atoms with E-state index in [1.807, 2.05) is 4.90 Å². The zero-order chi connectivity index (χ0) is 23.8. The molecule has 2 aromatic rings. The number of hydrogen-bond donors (Lipinski definition) is 0. The van der Waals surface area contributed by atoms with Crippen LogP contribution in [-0.4, -0.2) is 91.0 Å². The molecule has 0 radical (unpaired) electrons. The lowest BCUT2D eigenvalue weighted by Gasteiger charge is -2.30. The zero-order valence-electron chi connectivity index (χ0n) is 20.3. The fourth-order valence-corrected chi connectivity index (χ4v) is 5.53. The number of anilines is 2. The molecule has 0 spiro atoms. The average Bonchev–Trinajstić information content (AvgIpc) is 3.54. The normalized spacial score (nSPS) is 22.8. The summed E-state index contributed by atoms with van der Waals surface area (Å²) < 4.78 is 6.84. The summed E-state index contributed by atoms with van der Waals surface area (Å²) >= 11 is 0. The molecule has 2 atom stereocenters. The van der Waals surface area contributed by atoms with Gasteiger partial charge in [0.05, 0.1) is 31.3 Å². The van der Waals surface area contributed by atoms with Gasteiger partial charge in [0.2, 0.25) is 5.91 Å². The molecule has 3 aliphatic heterocycles. The second kappa shape index (κ2) is 9.38. The number of ether oxygens (including phenoxy) is 1. The van der Waals surface area contributed by atoms with Gasteiger partial charge in [-0.3, -0.25) is 9.69 Å². The van der Waals surface area contributed by atoms with Crippen molar-refractivity contribution in [2.45, 2.75) is 20.4 Å². The first-order valence-electron chi connectivity index (χ1n) is 12.1. The van der Waals surface area contributed by atoms with Crippen LogP contribution in [0.2, 0.25) is 0 Å². The predicted octanol–water partition coefficient (Wildman–Crippen LogP) is 2.04. The van der Waals surface area contributed by atoms with Crippen molar-refractivity contribution in [3.8, 4) is 0 Å². The predicted molar refractivity (Wildman–Crippen MR) is 130 cm³/mol. The number of nitrogens with zero attached hydrogens (tertiary/aromatic N) is 6. The molecule has 2 unspecified atom stereocenters. The largest absolute Gasteiger partial charge is 0.378 e. The summed E-state index contributed by atoms with van der Waals surface area (Å²) in [5.41, 5.74) is 4.61. The van der Waals surface area contributed by atoms with Gasteiger partial charge in [-0.15, -0.1) is 0 Å². The highest BCUT2D eigenvalue weighted by atomic mass is 16.5. The molecule has 1 aromatic carbocycles. The zero-order valence-corrected chi connectivity index (χ0v) is 20.3. The van der Waals surface area contributed by atoms with Crippen LogP contribution in [0.5, 0.6) is 0 Å². The number of morpholine rings is 1. The molecule has 3 fully saturated rings. The van der Waals surface area contributed by atoms with Crippen molar-refractivity contribution < 1.29 is 14.3 Å². The fraction of sp³-hybridized carbons (Fsp3) is 0.560. The summed E-state index contributed by atoms with van der Waals surface area (Å²) in [4.78, 5) is 32.8. The molecule has 4 heterocycles. The van der Waals surface area contributed by atoms with Gasteiger partial charge in [0.25, 0.3) is 0 Å². The molecular weight excluding hydrogens is 432 g/mol. The molecule has 0 N–H and O–H groups in total. The van der Waals surface area contributed by atoms with Crippen LogP contribution < -0.4 is 9.80 Å². The fourth-order valence-electron chi connectivity index (χ4n) is 5.53. The molecule has 182 valence electrons. The third kappa shape index (κ3) is 4.54. The van der Waals surface area contributed by atoms with E-state index in [1.165, 1.54) is 33.3 Å². The number of benzene rings is 1. The standard InChI is InChI=1S/C25H34N6O3/c1-18-10-20(4-5-24(18)29-6-8-34-9-7-29)12-28-13-21-15-30(16-22(21)14-28)25(33)31-17-23(11-26-31)27(3)19(2)32/h4-5,10-11,17,21-22H,6-9,12-16H2,1-3H3. The van der Waals surface area contributed by atoms with Gasteiger partial charge in [0, 0.05) is 65.5 Å². The van der Waals surface area contributed by atoms with Crippen LogP contribution >= 0.6 is 0 Å². The molecule has 1 aromatic heterocycles. The number of likely N-dealkylation sites (tertiary alicyclic amines) is 2. The number of aromatic nitrogens is 2. The van der Waals surface area contributed by atoms with Gasteiger partial charge in [-0.2, -0.15) is 9.78 Å². The van der Waals surface area contributed by atoms with Crippen LogP contribution in [0, 0.1) is 18.8 Å². The number of rotatable bonds is 4. The van der Waals surface area contributed by atoms with Crippen LogP contribution in [0.15, 0.2) is 30.6 Å². The Labute approximate surface area is 200 Å². The maximum absolute atomic E-state index is 13.0. The van der Waals surface area contributed by atoms with Crippen molar-refractivity contribution >= 4 is 23.3 Å². The molecule has 9 nitrogen and oxygen atoms in total. The van der Waals surface area contributed by atoms with E-state index in [0.717, 1.165) is 59.0 Å². The highest BCUT2D eigenvalue weighted by Crippen LogP contribution is 2.33. The lowest BCUT2D eigenvalue weighted by molar-refractivity contribution is -0.116. The molecule has 0 saturated carbocycles. The van der Waals surface area contributed by atoms with E-state index < -0.39 is 0 Å². The van der Waals surface area contributed by atoms with Gasteiger partial charge in [0.15, 0.2) is 0 Å². The first-order chi connectivity index (χ1) is 16.4. The van der Waals surface area contributed by atoms with Crippen molar-refractivity contribution in [1.82, 2.24) is 19.6 Å². The number of amides is 2. The Morgan fingerprint density at radius 1 is 1.12 bits per heavy atom. The smallest absolute Gasteiger partial charge is 0.344 e. The molecule has 3 aliphatic rings. The van der Waals surface area contributed by atoms with Gasteiger partial charge in [-0.1, -0.05) is 12.1 Å². The second-order valence-electron chi connectivity index (χ2n) is 9.84. The van der Waals surface area contributed by atoms with Crippen LogP contribution in [-0.2, 0) is 16.1 Å². The minimum absolute atomic E-state index is 0.0891. The maximum atomic E-state index is 13.0. The first kappa shape index (κ1) is 22.9. The SMILES string of the molecule is CC(=O)N(C)c1cnn(C(=O)N2CC3CN(Cc4ccc(N5CCOCC5)c(C)c4)CC3C2)c1. The van der Waals surface area contributed by atoms with Gasteiger partial charge in [-0.25, -0.2) is 4.79 Å². The number of carbonyl (C=O) groups excluding carboxylic acids is 2. The minimum atomic E-state index is -0.113. The van der Waals surface area contributed by atoms with Crippen LogP contribution in [0.4, 0.5) is 16.2 Å². The highest BCUT2D eigenvalue weighted by molar-refractivity contribution is 5.91. The van der Waals surface area contributed by atoms with Crippen LogP contribution in [0.3, 0.4) is 0 Å². The second-order valence-corrected chi connectivity index (χ2v) is 9.84. The van der Waals surface area contributed by atoms with Crippen LogP contribution in [0.25, 0.3) is 0 Å². The van der Waals surface area contributed by atoms with Gasteiger partial charge in [-0.05, 0) is 36.0 Å². The first-order valence-corrected chi connectivity index (χ1v) is 12.1. The summed E-state index contributed by atoms with van der Waals surface area (Å²) in [5.74, 6) is 0.897. The summed E-state index contributed by atoms with van der Waals surface area (Å²) in [6, 6.07) is 6.73. The van der Waals surface area contributed by atoms with Gasteiger partial charge < -0.3 is 19.4 Å². The molecule has 5 rings (SSSR count). The van der Waals surface area contributed by atoms with E-state index in [0.29, 0.717) is 17.5 Å². The quantitative estimate of drug-likeness (QED) is 0.687. The van der Waals surface area contributed by atoms with E-state index in [1.54, 1.807) is 19.4 Å². The minimum Gasteiger partial charge on any atom is -0.378 e. The van der Waals surface area contributed by atoms with Gasteiger partial charge in [0.1, 0.15) is 0 Å². The van der Waals surface area contributed by atoms with Crippen molar-refractivity contribution in [2.24, 2.45) is 11.8 Å².